The lowest BCUT2D eigenvalue weighted by molar-refractivity contribution is 0.412. The van der Waals surface area contributed by atoms with Crippen molar-refractivity contribution in [2.75, 3.05) is 12.4 Å². The zero-order valence-corrected chi connectivity index (χ0v) is 13.7. The van der Waals surface area contributed by atoms with Gasteiger partial charge >= 0.3 is 0 Å². The zero-order valence-electron chi connectivity index (χ0n) is 10.5. The summed E-state index contributed by atoms with van der Waals surface area (Å²) in [7, 11) is 1.57. The van der Waals surface area contributed by atoms with Crippen LogP contribution in [0.2, 0.25) is 0 Å². The van der Waals surface area contributed by atoms with E-state index in [1.807, 2.05) is 0 Å². The molecule has 0 saturated heterocycles. The minimum atomic E-state index is -0.593. The molecule has 0 aliphatic rings. The number of methoxy groups -OCH3 is 1. The Hall–Kier alpha value is -1.14. The second-order valence-electron chi connectivity index (χ2n) is 4.02. The third kappa shape index (κ3) is 3.30. The molecule has 0 aliphatic carbocycles. The van der Waals surface area contributed by atoms with Crippen LogP contribution in [0, 0.1) is 11.6 Å². The Morgan fingerprint density at radius 1 is 1.10 bits per heavy atom. The van der Waals surface area contributed by atoms with Gasteiger partial charge < -0.3 is 10.1 Å². The first kappa shape index (κ1) is 15.3. The van der Waals surface area contributed by atoms with Crippen LogP contribution in [0.1, 0.15) is 5.56 Å². The van der Waals surface area contributed by atoms with Crippen molar-refractivity contribution in [1.29, 1.82) is 0 Å². The molecule has 2 aromatic rings. The Morgan fingerprint density at radius 3 is 2.50 bits per heavy atom. The van der Waals surface area contributed by atoms with Gasteiger partial charge in [-0.1, -0.05) is 0 Å². The molecule has 0 radical (unpaired) electrons. The van der Waals surface area contributed by atoms with Crippen molar-refractivity contribution in [2.24, 2.45) is 0 Å². The number of halogens is 4. The fraction of sp³-hybridized carbons (Fsp3) is 0.143. The number of benzene rings is 2. The van der Waals surface area contributed by atoms with Crippen LogP contribution in [0.25, 0.3) is 0 Å². The molecule has 2 rings (SSSR count). The van der Waals surface area contributed by atoms with Crippen LogP contribution >= 0.6 is 31.9 Å². The van der Waals surface area contributed by atoms with Gasteiger partial charge in [0.05, 0.1) is 16.1 Å². The Bertz CT molecular complexity index is 635. The van der Waals surface area contributed by atoms with Crippen molar-refractivity contribution in [3.8, 4) is 5.75 Å². The van der Waals surface area contributed by atoms with Crippen molar-refractivity contribution in [2.45, 2.75) is 6.54 Å². The van der Waals surface area contributed by atoms with Crippen LogP contribution in [-0.4, -0.2) is 7.11 Å². The Balaban J connectivity index is 2.17. The summed E-state index contributed by atoms with van der Waals surface area (Å²) in [4.78, 5) is 0. The number of ether oxygens (including phenoxy) is 1. The van der Waals surface area contributed by atoms with E-state index in [-0.39, 0.29) is 16.6 Å². The predicted molar refractivity (Wildman–Crippen MR) is 82.1 cm³/mol. The molecule has 1 N–H and O–H groups in total. The number of hydrogen-bond acceptors (Lipinski definition) is 2. The van der Waals surface area contributed by atoms with Gasteiger partial charge in [0.1, 0.15) is 17.4 Å². The maximum absolute atomic E-state index is 13.8. The van der Waals surface area contributed by atoms with E-state index in [1.165, 1.54) is 12.1 Å². The molecule has 6 heteroatoms. The summed E-state index contributed by atoms with van der Waals surface area (Å²) in [5, 5.41) is 2.98. The van der Waals surface area contributed by atoms with Gasteiger partial charge in [-0.05, 0) is 62.2 Å². The summed E-state index contributed by atoms with van der Waals surface area (Å²) in [6, 6.07) is 7.90. The molecule has 0 aliphatic heterocycles. The minimum Gasteiger partial charge on any atom is -0.496 e. The highest BCUT2D eigenvalue weighted by molar-refractivity contribution is 9.10. The van der Waals surface area contributed by atoms with Crippen molar-refractivity contribution in [1.82, 2.24) is 0 Å². The third-order valence-corrected chi connectivity index (χ3v) is 3.99. The molecule has 0 aromatic heterocycles. The van der Waals surface area contributed by atoms with Crippen LogP contribution < -0.4 is 10.1 Å². The minimum absolute atomic E-state index is 0.00804. The summed E-state index contributed by atoms with van der Waals surface area (Å²) >= 11 is 6.40. The van der Waals surface area contributed by atoms with E-state index < -0.39 is 11.6 Å². The van der Waals surface area contributed by atoms with E-state index in [0.717, 1.165) is 10.2 Å². The van der Waals surface area contributed by atoms with Crippen molar-refractivity contribution < 1.29 is 13.5 Å². The molecule has 0 heterocycles. The third-order valence-electron chi connectivity index (χ3n) is 2.76. The fourth-order valence-corrected chi connectivity index (χ4v) is 2.61. The van der Waals surface area contributed by atoms with Crippen LogP contribution in [-0.2, 0) is 6.54 Å². The normalized spacial score (nSPS) is 10.4. The molecule has 0 bridgehead atoms. The van der Waals surface area contributed by atoms with E-state index in [9.17, 15) is 8.78 Å². The van der Waals surface area contributed by atoms with Gasteiger partial charge in [-0.15, -0.1) is 0 Å². The lowest BCUT2D eigenvalue weighted by atomic mass is 10.2. The Kier molecular flexibility index (Phi) is 4.99. The van der Waals surface area contributed by atoms with E-state index in [2.05, 4.69) is 37.2 Å². The summed E-state index contributed by atoms with van der Waals surface area (Å²) < 4.78 is 33.5. The number of anilines is 1. The fourth-order valence-electron chi connectivity index (χ4n) is 1.70. The van der Waals surface area contributed by atoms with Crippen LogP contribution in [0.5, 0.6) is 5.75 Å². The first-order valence-corrected chi connectivity index (χ1v) is 7.31. The molecule has 2 aromatic carbocycles. The smallest absolute Gasteiger partial charge is 0.145 e. The van der Waals surface area contributed by atoms with Gasteiger partial charge in [-0.25, -0.2) is 8.78 Å². The van der Waals surface area contributed by atoms with Gasteiger partial charge in [0.2, 0.25) is 0 Å². The zero-order chi connectivity index (χ0) is 14.7. The van der Waals surface area contributed by atoms with Crippen molar-refractivity contribution in [3.63, 3.8) is 0 Å². The highest BCUT2D eigenvalue weighted by Gasteiger charge is 2.12. The summed E-state index contributed by atoms with van der Waals surface area (Å²) in [5.74, 6) is -0.480. The molecule has 106 valence electrons. The first-order valence-electron chi connectivity index (χ1n) is 5.72. The molecule has 0 spiro atoms. The second-order valence-corrected chi connectivity index (χ2v) is 5.73. The van der Waals surface area contributed by atoms with E-state index in [4.69, 9.17) is 4.74 Å². The molecule has 20 heavy (non-hydrogen) atoms. The molecule has 0 atom stereocenters. The van der Waals surface area contributed by atoms with Crippen LogP contribution in [0.15, 0.2) is 39.3 Å². The Labute approximate surface area is 132 Å². The van der Waals surface area contributed by atoms with Crippen molar-refractivity contribution in [3.05, 3.63) is 56.5 Å². The average molecular weight is 407 g/mol. The monoisotopic (exact) mass is 405 g/mol. The van der Waals surface area contributed by atoms with E-state index in [1.54, 1.807) is 25.3 Å². The standard InChI is InChI=1S/C14H11Br2F2NO/c1-20-13-5-2-8(6-11(13)16)19-7-9-12(17)4-3-10(15)14(9)18/h2-6,19H,7H2,1H3. The van der Waals surface area contributed by atoms with Gasteiger partial charge in [-0.3, -0.25) is 0 Å². The largest absolute Gasteiger partial charge is 0.496 e. The van der Waals surface area contributed by atoms with Crippen molar-refractivity contribution >= 4 is 37.5 Å². The maximum Gasteiger partial charge on any atom is 0.145 e. The average Bonchev–Trinajstić information content (AvgIpc) is 2.43. The van der Waals surface area contributed by atoms with Crippen LogP contribution in [0.4, 0.5) is 14.5 Å². The topological polar surface area (TPSA) is 21.3 Å². The highest BCUT2D eigenvalue weighted by atomic mass is 79.9. The number of rotatable bonds is 4. The van der Waals surface area contributed by atoms with E-state index >= 15 is 0 Å². The summed E-state index contributed by atoms with van der Waals surface area (Å²) in [5.41, 5.74) is 0.725. The predicted octanol–water partition coefficient (Wildman–Crippen LogP) is 5.11. The first-order chi connectivity index (χ1) is 9.52. The maximum atomic E-state index is 13.8. The molecule has 0 fully saturated rings. The second kappa shape index (κ2) is 6.54. The molecule has 0 unspecified atom stereocenters. The molecule has 0 amide bonds. The van der Waals surface area contributed by atoms with Gasteiger partial charge in [0, 0.05) is 17.8 Å². The lowest BCUT2D eigenvalue weighted by Crippen LogP contribution is -2.05. The van der Waals surface area contributed by atoms with Gasteiger partial charge in [0.25, 0.3) is 0 Å². The van der Waals surface area contributed by atoms with Crippen LogP contribution in [0.3, 0.4) is 0 Å². The summed E-state index contributed by atoms with van der Waals surface area (Å²) in [6.45, 7) is 0.0515. The highest BCUT2D eigenvalue weighted by Crippen LogP contribution is 2.28. The lowest BCUT2D eigenvalue weighted by Gasteiger charge is -2.11. The summed E-state index contributed by atoms with van der Waals surface area (Å²) in [6.07, 6.45) is 0. The molecule has 0 saturated carbocycles. The van der Waals surface area contributed by atoms with Gasteiger partial charge in [0.15, 0.2) is 0 Å². The molecular weight excluding hydrogens is 396 g/mol. The number of nitrogens with one attached hydrogen (secondary N) is 1. The van der Waals surface area contributed by atoms with Gasteiger partial charge in [-0.2, -0.15) is 0 Å². The quantitative estimate of drug-likeness (QED) is 0.712. The molecular formula is C14H11Br2F2NO. The molecule has 2 nitrogen and oxygen atoms in total. The number of hydrogen-bond donors (Lipinski definition) is 1. The Morgan fingerprint density at radius 2 is 1.85 bits per heavy atom. The van der Waals surface area contributed by atoms with E-state index in [0.29, 0.717) is 5.75 Å². The SMILES string of the molecule is COc1ccc(NCc2c(F)ccc(Br)c2F)cc1Br.